The maximum atomic E-state index is 11.9. The van der Waals surface area contributed by atoms with Gasteiger partial charge in [-0.2, -0.15) is 0 Å². The topological polar surface area (TPSA) is 100 Å². The van der Waals surface area contributed by atoms with Gasteiger partial charge in [0.15, 0.2) is 0 Å². The minimum absolute atomic E-state index is 0.185. The van der Waals surface area contributed by atoms with Crippen LogP contribution < -0.4 is 16.0 Å². The molecule has 8 nitrogen and oxygen atoms in total. The Hall–Kier alpha value is -3.72. The van der Waals surface area contributed by atoms with Gasteiger partial charge in [-0.1, -0.05) is 21.1 Å². The second-order valence-corrected chi connectivity index (χ2v) is 8.25. The Morgan fingerprint density at radius 2 is 1.78 bits per heavy atom. The summed E-state index contributed by atoms with van der Waals surface area (Å²) < 4.78 is 18.8. The molecule has 0 unspecified atom stereocenters. The zero-order valence-corrected chi connectivity index (χ0v) is 18.5. The maximum absolute atomic E-state index is 11.9. The highest BCUT2D eigenvalue weighted by Gasteiger charge is 2.10. The highest BCUT2D eigenvalue weighted by molar-refractivity contribution is 9.10. The van der Waals surface area contributed by atoms with Gasteiger partial charge in [0.1, 0.15) is 29.2 Å². The van der Waals surface area contributed by atoms with Gasteiger partial charge in [0.05, 0.1) is 12.7 Å². The van der Waals surface area contributed by atoms with Gasteiger partial charge in [-0.3, -0.25) is 0 Å². The first-order valence-corrected chi connectivity index (χ1v) is 10.5. The number of fused-ring (bicyclic) bond motifs is 2. The van der Waals surface area contributed by atoms with Gasteiger partial charge in [-0.15, -0.1) is 5.10 Å². The van der Waals surface area contributed by atoms with Crippen molar-refractivity contribution in [1.82, 2.24) is 15.0 Å². The van der Waals surface area contributed by atoms with Crippen molar-refractivity contribution in [3.05, 3.63) is 96.9 Å². The van der Waals surface area contributed by atoms with E-state index in [4.69, 9.17) is 13.6 Å². The van der Waals surface area contributed by atoms with E-state index in [2.05, 4.69) is 26.2 Å². The van der Waals surface area contributed by atoms with E-state index in [1.807, 2.05) is 31.2 Å². The Bertz CT molecular complexity index is 1580. The van der Waals surface area contributed by atoms with Crippen molar-refractivity contribution < 1.29 is 13.6 Å². The minimum atomic E-state index is -0.420. The van der Waals surface area contributed by atoms with Crippen molar-refractivity contribution in [3.8, 4) is 5.75 Å². The normalized spacial score (nSPS) is 11.3. The molecular formula is C23H16BrN3O5. The van der Waals surface area contributed by atoms with Gasteiger partial charge in [-0.25, -0.2) is 14.3 Å². The van der Waals surface area contributed by atoms with Crippen LogP contribution in [0.1, 0.15) is 16.8 Å². The average molecular weight is 494 g/mol. The molecule has 0 atom stereocenters. The largest absolute Gasteiger partial charge is 0.487 e. The van der Waals surface area contributed by atoms with E-state index >= 15 is 0 Å². The summed E-state index contributed by atoms with van der Waals surface area (Å²) in [7, 11) is 0. The van der Waals surface area contributed by atoms with E-state index in [0.29, 0.717) is 29.2 Å². The van der Waals surface area contributed by atoms with Crippen LogP contribution in [-0.2, 0) is 13.2 Å². The monoisotopic (exact) mass is 493 g/mol. The van der Waals surface area contributed by atoms with Crippen molar-refractivity contribution in [2.75, 3.05) is 0 Å². The van der Waals surface area contributed by atoms with Gasteiger partial charge in [0.25, 0.3) is 0 Å². The fourth-order valence-electron chi connectivity index (χ4n) is 3.54. The highest BCUT2D eigenvalue weighted by Crippen LogP contribution is 2.24. The molecule has 0 aliphatic heterocycles. The molecule has 3 aromatic heterocycles. The lowest BCUT2D eigenvalue weighted by molar-refractivity contribution is 0.301. The molecule has 160 valence electrons. The van der Waals surface area contributed by atoms with E-state index in [1.165, 1.54) is 12.1 Å². The van der Waals surface area contributed by atoms with Crippen molar-refractivity contribution in [2.45, 2.75) is 20.1 Å². The number of hydrogen-bond donors (Lipinski definition) is 0. The molecule has 0 amide bonds. The Labute approximate surface area is 189 Å². The summed E-state index contributed by atoms with van der Waals surface area (Å²) in [6, 6.07) is 13.7. The summed E-state index contributed by atoms with van der Waals surface area (Å²) in [6.07, 6.45) is 1.75. The maximum Gasteiger partial charge on any atom is 0.336 e. The van der Waals surface area contributed by atoms with Crippen LogP contribution in [0.15, 0.2) is 77.6 Å². The molecule has 5 aromatic rings. The van der Waals surface area contributed by atoms with Gasteiger partial charge < -0.3 is 13.6 Å². The van der Waals surface area contributed by atoms with Crippen LogP contribution in [0.2, 0.25) is 0 Å². The minimum Gasteiger partial charge on any atom is -0.487 e. The van der Waals surface area contributed by atoms with Crippen molar-refractivity contribution >= 4 is 37.9 Å². The predicted octanol–water partition coefficient (Wildman–Crippen LogP) is 4.19. The lowest BCUT2D eigenvalue weighted by atomic mass is 10.1. The molecule has 0 aliphatic rings. The summed E-state index contributed by atoms with van der Waals surface area (Å²) in [4.78, 5) is 23.5. The molecule has 0 bridgehead atoms. The number of aryl methyl sites for hydroxylation is 1. The van der Waals surface area contributed by atoms with E-state index < -0.39 is 11.3 Å². The molecule has 3 heterocycles. The third-order valence-corrected chi connectivity index (χ3v) is 5.51. The number of benzene rings is 2. The van der Waals surface area contributed by atoms with Gasteiger partial charge >= 0.3 is 11.3 Å². The molecule has 32 heavy (non-hydrogen) atoms. The van der Waals surface area contributed by atoms with Crippen molar-refractivity contribution in [2.24, 2.45) is 0 Å². The SMILES string of the molecule is Cc1cc(=O)oc2cc(OCc3cn(Cc4cc(=O)oc5ccc(Br)cc45)nn3)ccc12. The van der Waals surface area contributed by atoms with Crippen LogP contribution >= 0.6 is 15.9 Å². The van der Waals surface area contributed by atoms with Crippen molar-refractivity contribution in [1.29, 1.82) is 0 Å². The lowest BCUT2D eigenvalue weighted by Gasteiger charge is -2.06. The third kappa shape index (κ3) is 4.06. The molecule has 9 heteroatoms. The standard InChI is InChI=1S/C23H16BrN3O5/c1-13-6-22(28)32-21-9-17(3-4-18(13)21)30-12-16-11-27(26-25-16)10-14-7-23(29)31-20-5-2-15(24)8-19(14)20/h2-9,11H,10,12H2,1H3. The second-order valence-electron chi connectivity index (χ2n) is 7.33. The fraction of sp³-hybridized carbons (Fsp3) is 0.130. The first kappa shape index (κ1) is 20.2. The summed E-state index contributed by atoms with van der Waals surface area (Å²) in [5.74, 6) is 0.553. The third-order valence-electron chi connectivity index (χ3n) is 5.02. The van der Waals surface area contributed by atoms with Crippen molar-refractivity contribution in [3.63, 3.8) is 0 Å². The summed E-state index contributed by atoms with van der Waals surface area (Å²) in [5.41, 5.74) is 2.40. The van der Waals surface area contributed by atoms with Gasteiger partial charge in [-0.05, 0) is 48.4 Å². The Balaban J connectivity index is 1.34. The summed E-state index contributed by atoms with van der Waals surface area (Å²) in [5, 5.41) is 9.96. The zero-order valence-electron chi connectivity index (χ0n) is 16.9. The van der Waals surface area contributed by atoms with E-state index in [-0.39, 0.29) is 6.61 Å². The average Bonchev–Trinajstić information content (AvgIpc) is 3.19. The zero-order chi connectivity index (χ0) is 22.2. The predicted molar refractivity (Wildman–Crippen MR) is 121 cm³/mol. The van der Waals surface area contributed by atoms with Crippen LogP contribution in [0.3, 0.4) is 0 Å². The Kier molecular flexibility index (Phi) is 5.10. The number of halogens is 1. The van der Waals surface area contributed by atoms with Gasteiger partial charge in [0.2, 0.25) is 0 Å². The molecule has 5 rings (SSSR count). The molecule has 0 N–H and O–H groups in total. The number of rotatable bonds is 5. The smallest absolute Gasteiger partial charge is 0.336 e. The Morgan fingerprint density at radius 1 is 0.969 bits per heavy atom. The first-order valence-electron chi connectivity index (χ1n) is 9.73. The van der Waals surface area contributed by atoms with Crippen LogP contribution in [0.25, 0.3) is 21.9 Å². The molecule has 0 spiro atoms. The molecule has 0 saturated heterocycles. The Morgan fingerprint density at radius 3 is 2.66 bits per heavy atom. The number of ether oxygens (including phenoxy) is 1. The van der Waals surface area contributed by atoms with Crippen LogP contribution in [0.4, 0.5) is 0 Å². The fourth-order valence-corrected chi connectivity index (χ4v) is 3.90. The van der Waals surface area contributed by atoms with Crippen LogP contribution in [-0.4, -0.2) is 15.0 Å². The number of nitrogens with zero attached hydrogens (tertiary/aromatic N) is 3. The van der Waals surface area contributed by atoms with E-state index in [9.17, 15) is 9.59 Å². The second kappa shape index (κ2) is 8.08. The molecule has 0 saturated carbocycles. The summed E-state index contributed by atoms with van der Waals surface area (Å²) >= 11 is 3.45. The highest BCUT2D eigenvalue weighted by atomic mass is 79.9. The number of hydrogen-bond acceptors (Lipinski definition) is 7. The number of aromatic nitrogens is 3. The molecular weight excluding hydrogens is 478 g/mol. The molecule has 2 aromatic carbocycles. The lowest BCUT2D eigenvalue weighted by Crippen LogP contribution is -2.06. The van der Waals surface area contributed by atoms with Crippen LogP contribution in [0.5, 0.6) is 5.75 Å². The molecule has 0 aliphatic carbocycles. The van der Waals surface area contributed by atoms with E-state index in [0.717, 1.165) is 26.4 Å². The van der Waals surface area contributed by atoms with Crippen LogP contribution in [0, 0.1) is 6.92 Å². The van der Waals surface area contributed by atoms with E-state index in [1.54, 1.807) is 23.0 Å². The molecule has 0 fully saturated rings. The quantitative estimate of drug-likeness (QED) is 0.338. The summed E-state index contributed by atoms with van der Waals surface area (Å²) in [6.45, 7) is 2.40. The first-order chi connectivity index (χ1) is 15.4. The molecule has 0 radical (unpaired) electrons. The van der Waals surface area contributed by atoms with Gasteiger partial charge in [0, 0.05) is 33.4 Å².